The second kappa shape index (κ2) is 7.00. The number of hydrogen-bond acceptors (Lipinski definition) is 3. The molecule has 0 amide bonds. The van der Waals surface area contributed by atoms with Crippen LogP contribution in [0.5, 0.6) is 11.5 Å². The van der Waals surface area contributed by atoms with Gasteiger partial charge in [-0.3, -0.25) is 0 Å². The molecule has 0 atom stereocenters. The van der Waals surface area contributed by atoms with Crippen molar-refractivity contribution in [1.29, 1.82) is 0 Å². The van der Waals surface area contributed by atoms with Crippen molar-refractivity contribution in [2.75, 3.05) is 7.11 Å². The van der Waals surface area contributed by atoms with E-state index in [9.17, 15) is 5.11 Å². The Morgan fingerprint density at radius 2 is 1.48 bits per heavy atom. The smallest absolute Gasteiger partial charge is 0.170 e. The Labute approximate surface area is 158 Å². The van der Waals surface area contributed by atoms with Crippen LogP contribution in [0.1, 0.15) is 5.56 Å². The summed E-state index contributed by atoms with van der Waals surface area (Å²) in [5.74, 6) is 0.941. The third kappa shape index (κ3) is 3.17. The summed E-state index contributed by atoms with van der Waals surface area (Å²) in [7, 11) is 1.64. The minimum Gasteiger partial charge on any atom is -0.504 e. The van der Waals surface area contributed by atoms with Crippen LogP contribution >= 0.6 is 0 Å². The Kier molecular flexibility index (Phi) is 4.38. The molecule has 4 heteroatoms. The Balaban J connectivity index is 1.93. The minimum absolute atomic E-state index is 0.167. The van der Waals surface area contributed by atoms with E-state index >= 15 is 0 Å². The van der Waals surface area contributed by atoms with E-state index in [0.717, 1.165) is 28.1 Å². The van der Waals surface area contributed by atoms with E-state index in [1.807, 2.05) is 85.8 Å². The summed E-state index contributed by atoms with van der Waals surface area (Å²) >= 11 is 0. The van der Waals surface area contributed by atoms with Gasteiger partial charge in [-0.2, -0.15) is 5.10 Å². The molecular formula is C23H20N2O2. The van der Waals surface area contributed by atoms with Crippen LogP contribution < -0.4 is 4.74 Å². The Morgan fingerprint density at radius 3 is 2.11 bits per heavy atom. The maximum absolute atomic E-state index is 11.0. The molecule has 0 unspecified atom stereocenters. The highest BCUT2D eigenvalue weighted by Crippen LogP contribution is 2.39. The molecule has 4 aromatic rings. The van der Waals surface area contributed by atoms with Gasteiger partial charge in [-0.25, -0.2) is 4.68 Å². The molecule has 27 heavy (non-hydrogen) atoms. The second-order valence-corrected chi connectivity index (χ2v) is 6.39. The summed E-state index contributed by atoms with van der Waals surface area (Å²) in [4.78, 5) is 0. The maximum atomic E-state index is 11.0. The number of hydrogen-bond donors (Lipinski definition) is 1. The Morgan fingerprint density at radius 1 is 0.815 bits per heavy atom. The number of benzene rings is 3. The van der Waals surface area contributed by atoms with Crippen LogP contribution in [0.3, 0.4) is 0 Å². The predicted octanol–water partition coefficient (Wildman–Crippen LogP) is 5.23. The zero-order chi connectivity index (χ0) is 18.8. The molecule has 0 saturated carbocycles. The summed E-state index contributed by atoms with van der Waals surface area (Å²) < 4.78 is 7.03. The van der Waals surface area contributed by atoms with Gasteiger partial charge in [0.15, 0.2) is 5.75 Å². The first-order valence-electron chi connectivity index (χ1n) is 8.76. The van der Waals surface area contributed by atoms with Crippen molar-refractivity contribution in [2.45, 2.75) is 6.92 Å². The summed E-state index contributed by atoms with van der Waals surface area (Å²) in [6.45, 7) is 2.04. The van der Waals surface area contributed by atoms with Gasteiger partial charge in [-0.05, 0) is 31.2 Å². The molecule has 0 radical (unpaired) electrons. The first-order valence-corrected chi connectivity index (χ1v) is 8.76. The molecule has 0 aliphatic rings. The molecule has 0 saturated heterocycles. The summed E-state index contributed by atoms with van der Waals surface area (Å²) in [5, 5.41) is 15.8. The fourth-order valence-electron chi connectivity index (χ4n) is 3.08. The zero-order valence-electron chi connectivity index (χ0n) is 15.3. The van der Waals surface area contributed by atoms with Gasteiger partial charge in [0.25, 0.3) is 0 Å². The van der Waals surface area contributed by atoms with Crippen LogP contribution in [-0.4, -0.2) is 22.0 Å². The highest BCUT2D eigenvalue weighted by molar-refractivity contribution is 5.79. The number of ether oxygens (including phenoxy) is 1. The maximum Gasteiger partial charge on any atom is 0.170 e. The number of rotatable bonds is 4. The van der Waals surface area contributed by atoms with E-state index in [2.05, 4.69) is 0 Å². The lowest BCUT2D eigenvalue weighted by Gasteiger charge is -2.08. The van der Waals surface area contributed by atoms with Crippen molar-refractivity contribution in [3.05, 3.63) is 84.4 Å². The highest BCUT2D eigenvalue weighted by Gasteiger charge is 2.21. The first kappa shape index (κ1) is 16.9. The van der Waals surface area contributed by atoms with Crippen LogP contribution in [0.25, 0.3) is 28.2 Å². The molecule has 134 valence electrons. The molecular weight excluding hydrogens is 336 g/mol. The second-order valence-electron chi connectivity index (χ2n) is 6.39. The van der Waals surface area contributed by atoms with Crippen molar-refractivity contribution in [3.8, 4) is 39.7 Å². The van der Waals surface area contributed by atoms with Crippen LogP contribution in [-0.2, 0) is 0 Å². The van der Waals surface area contributed by atoms with Crippen LogP contribution in [0.15, 0.2) is 78.9 Å². The summed E-state index contributed by atoms with van der Waals surface area (Å²) in [6.07, 6.45) is 0. The van der Waals surface area contributed by atoms with E-state index in [1.54, 1.807) is 11.8 Å². The number of aromatic nitrogens is 2. The standard InChI is InChI=1S/C23H20N2O2/c1-16-8-10-17(11-9-16)21-23(26)22(18-6-4-3-5-7-18)25(24-21)19-12-14-20(27-2)15-13-19/h3-15,26H,1-2H3. The molecule has 4 nitrogen and oxygen atoms in total. The third-order valence-corrected chi connectivity index (χ3v) is 4.55. The van der Waals surface area contributed by atoms with Gasteiger partial charge >= 0.3 is 0 Å². The Bertz CT molecular complexity index is 1050. The summed E-state index contributed by atoms with van der Waals surface area (Å²) in [6, 6.07) is 25.4. The average molecular weight is 356 g/mol. The number of methoxy groups -OCH3 is 1. The van der Waals surface area contributed by atoms with Gasteiger partial charge in [0, 0.05) is 11.1 Å². The number of nitrogens with zero attached hydrogens (tertiary/aromatic N) is 2. The molecule has 4 rings (SSSR count). The lowest BCUT2D eigenvalue weighted by Crippen LogP contribution is -1.99. The predicted molar refractivity (Wildman–Crippen MR) is 107 cm³/mol. The molecule has 0 aliphatic heterocycles. The van der Waals surface area contributed by atoms with Crippen molar-refractivity contribution in [3.63, 3.8) is 0 Å². The van der Waals surface area contributed by atoms with Crippen molar-refractivity contribution < 1.29 is 9.84 Å². The monoisotopic (exact) mass is 356 g/mol. The molecule has 1 N–H and O–H groups in total. The van der Waals surface area contributed by atoms with E-state index in [0.29, 0.717) is 11.4 Å². The lowest BCUT2D eigenvalue weighted by atomic mass is 10.1. The van der Waals surface area contributed by atoms with Gasteiger partial charge in [-0.1, -0.05) is 60.2 Å². The number of aryl methyl sites for hydroxylation is 1. The molecule has 0 bridgehead atoms. The average Bonchev–Trinajstić information content (AvgIpc) is 3.06. The van der Waals surface area contributed by atoms with Crippen LogP contribution in [0.2, 0.25) is 0 Å². The van der Waals surface area contributed by atoms with Crippen molar-refractivity contribution >= 4 is 0 Å². The Hall–Kier alpha value is -3.53. The minimum atomic E-state index is 0.167. The lowest BCUT2D eigenvalue weighted by molar-refractivity contribution is 0.414. The fourth-order valence-corrected chi connectivity index (χ4v) is 3.08. The molecule has 1 aromatic heterocycles. The topological polar surface area (TPSA) is 47.3 Å². The van der Waals surface area contributed by atoms with Crippen molar-refractivity contribution in [2.24, 2.45) is 0 Å². The van der Waals surface area contributed by atoms with E-state index in [4.69, 9.17) is 9.84 Å². The van der Waals surface area contributed by atoms with Gasteiger partial charge in [0.05, 0.1) is 12.8 Å². The largest absolute Gasteiger partial charge is 0.504 e. The van der Waals surface area contributed by atoms with E-state index < -0.39 is 0 Å². The summed E-state index contributed by atoms with van der Waals surface area (Å²) in [5.41, 5.74) is 5.01. The van der Waals surface area contributed by atoms with Gasteiger partial charge < -0.3 is 9.84 Å². The quantitative estimate of drug-likeness (QED) is 0.545. The van der Waals surface area contributed by atoms with E-state index in [-0.39, 0.29) is 5.75 Å². The van der Waals surface area contributed by atoms with Crippen molar-refractivity contribution in [1.82, 2.24) is 9.78 Å². The molecule has 0 spiro atoms. The van der Waals surface area contributed by atoms with Crippen LogP contribution in [0.4, 0.5) is 0 Å². The normalized spacial score (nSPS) is 10.7. The van der Waals surface area contributed by atoms with Crippen LogP contribution in [0, 0.1) is 6.92 Å². The van der Waals surface area contributed by atoms with Gasteiger partial charge in [0.2, 0.25) is 0 Å². The first-order chi connectivity index (χ1) is 13.2. The molecule has 3 aromatic carbocycles. The third-order valence-electron chi connectivity index (χ3n) is 4.55. The fraction of sp³-hybridized carbons (Fsp3) is 0.0870. The molecule has 0 fully saturated rings. The number of aromatic hydroxyl groups is 1. The highest BCUT2D eigenvalue weighted by atomic mass is 16.5. The SMILES string of the molecule is COc1ccc(-n2nc(-c3ccc(C)cc3)c(O)c2-c2ccccc2)cc1. The molecule has 1 heterocycles. The van der Waals surface area contributed by atoms with Gasteiger partial charge in [-0.15, -0.1) is 0 Å². The van der Waals surface area contributed by atoms with E-state index in [1.165, 1.54) is 0 Å². The van der Waals surface area contributed by atoms with Gasteiger partial charge in [0.1, 0.15) is 17.1 Å². The molecule has 0 aliphatic carbocycles. The zero-order valence-corrected chi connectivity index (χ0v) is 15.3.